The van der Waals surface area contributed by atoms with E-state index in [9.17, 15) is 9.59 Å². The second kappa shape index (κ2) is 7.54. The van der Waals surface area contributed by atoms with Gasteiger partial charge in [0, 0.05) is 42.3 Å². The average Bonchev–Trinajstić information content (AvgIpc) is 3.41. The van der Waals surface area contributed by atoms with E-state index in [1.807, 2.05) is 6.07 Å². The molecule has 2 aliphatic rings. The van der Waals surface area contributed by atoms with Crippen molar-refractivity contribution >= 4 is 17.5 Å². The van der Waals surface area contributed by atoms with E-state index in [0.717, 1.165) is 32.5 Å². The summed E-state index contributed by atoms with van der Waals surface area (Å²) in [7, 11) is 0. The van der Waals surface area contributed by atoms with Crippen molar-refractivity contribution in [3.05, 3.63) is 29.8 Å². The van der Waals surface area contributed by atoms with Gasteiger partial charge in [-0.2, -0.15) is 0 Å². The molecule has 0 radical (unpaired) electrons. The van der Waals surface area contributed by atoms with Gasteiger partial charge in [0.05, 0.1) is 13.2 Å². The second-order valence-electron chi connectivity index (χ2n) is 7.45. The summed E-state index contributed by atoms with van der Waals surface area (Å²) in [5.74, 6) is 0.0788. The molecule has 3 rings (SSSR count). The van der Waals surface area contributed by atoms with E-state index in [1.54, 1.807) is 18.2 Å². The first kappa shape index (κ1) is 17.9. The van der Waals surface area contributed by atoms with E-state index < -0.39 is 0 Å². The molecular weight excluding hydrogens is 318 g/mol. The van der Waals surface area contributed by atoms with Gasteiger partial charge >= 0.3 is 0 Å². The van der Waals surface area contributed by atoms with Gasteiger partial charge in [-0.3, -0.25) is 14.5 Å². The quantitative estimate of drug-likeness (QED) is 0.826. The number of morpholine rings is 1. The molecule has 2 N–H and O–H groups in total. The van der Waals surface area contributed by atoms with Crippen LogP contribution in [0.4, 0.5) is 5.69 Å². The van der Waals surface area contributed by atoms with E-state index in [2.05, 4.69) is 29.4 Å². The first-order valence-corrected chi connectivity index (χ1v) is 8.98. The van der Waals surface area contributed by atoms with Crippen LogP contribution in [0.25, 0.3) is 0 Å². The smallest absolute Gasteiger partial charge is 0.251 e. The number of hydrogen-bond acceptors (Lipinski definition) is 4. The molecule has 0 unspecified atom stereocenters. The standard InChI is InChI=1S/C19H27N3O3/c1-19(2)13-25-11-10-22(19)9-8-20-17(23)15-4-3-5-16(12-15)21-18(24)14-6-7-14/h3-5,12,14H,6-11,13H2,1-2H3,(H,20,23)(H,21,24). The molecule has 2 fully saturated rings. The topological polar surface area (TPSA) is 70.7 Å². The molecule has 6 nitrogen and oxygen atoms in total. The van der Waals surface area contributed by atoms with Gasteiger partial charge in [-0.1, -0.05) is 6.07 Å². The van der Waals surface area contributed by atoms with Gasteiger partial charge in [0.15, 0.2) is 0 Å². The van der Waals surface area contributed by atoms with Crippen molar-refractivity contribution in [1.82, 2.24) is 10.2 Å². The number of nitrogens with zero attached hydrogens (tertiary/aromatic N) is 1. The van der Waals surface area contributed by atoms with Gasteiger partial charge in [-0.05, 0) is 44.9 Å². The molecule has 1 aliphatic heterocycles. The predicted molar refractivity (Wildman–Crippen MR) is 96.6 cm³/mol. The molecule has 0 aromatic heterocycles. The summed E-state index contributed by atoms with van der Waals surface area (Å²) in [5, 5.41) is 5.84. The maximum atomic E-state index is 12.4. The molecule has 6 heteroatoms. The van der Waals surface area contributed by atoms with Crippen LogP contribution in [0, 0.1) is 5.92 Å². The summed E-state index contributed by atoms with van der Waals surface area (Å²) in [6, 6.07) is 7.10. The molecule has 1 saturated heterocycles. The van der Waals surface area contributed by atoms with Crippen molar-refractivity contribution in [1.29, 1.82) is 0 Å². The number of hydrogen-bond donors (Lipinski definition) is 2. The number of benzene rings is 1. The molecule has 1 aromatic rings. The fourth-order valence-corrected chi connectivity index (χ4v) is 3.04. The zero-order chi connectivity index (χ0) is 17.9. The van der Waals surface area contributed by atoms with Gasteiger partial charge in [0.2, 0.25) is 5.91 Å². The minimum Gasteiger partial charge on any atom is -0.378 e. The van der Waals surface area contributed by atoms with E-state index in [-0.39, 0.29) is 23.3 Å². The monoisotopic (exact) mass is 345 g/mol. The van der Waals surface area contributed by atoms with Crippen LogP contribution in [0.5, 0.6) is 0 Å². The van der Waals surface area contributed by atoms with Crippen LogP contribution in [0.3, 0.4) is 0 Å². The summed E-state index contributed by atoms with van der Waals surface area (Å²) in [4.78, 5) is 26.5. The molecule has 1 saturated carbocycles. The van der Waals surface area contributed by atoms with Crippen molar-refractivity contribution in [3.63, 3.8) is 0 Å². The normalized spacial score (nSPS) is 20.1. The zero-order valence-corrected chi connectivity index (χ0v) is 15.0. The third-order valence-corrected chi connectivity index (χ3v) is 4.82. The Hall–Kier alpha value is -1.92. The van der Waals surface area contributed by atoms with Gasteiger partial charge in [-0.15, -0.1) is 0 Å². The Morgan fingerprint density at radius 2 is 2.12 bits per heavy atom. The SMILES string of the molecule is CC1(C)COCCN1CCNC(=O)c1cccc(NC(=O)C2CC2)c1. The maximum absolute atomic E-state index is 12.4. The molecule has 136 valence electrons. The summed E-state index contributed by atoms with van der Waals surface area (Å²) >= 11 is 0. The minimum absolute atomic E-state index is 0.00398. The number of anilines is 1. The summed E-state index contributed by atoms with van der Waals surface area (Å²) in [6.07, 6.45) is 1.92. The van der Waals surface area contributed by atoms with Crippen molar-refractivity contribution in [2.75, 3.05) is 38.2 Å². The Morgan fingerprint density at radius 1 is 1.32 bits per heavy atom. The highest BCUT2D eigenvalue weighted by Gasteiger charge is 2.30. The van der Waals surface area contributed by atoms with Crippen molar-refractivity contribution in [2.24, 2.45) is 5.92 Å². The molecule has 0 bridgehead atoms. The molecule has 0 atom stereocenters. The zero-order valence-electron chi connectivity index (χ0n) is 15.0. The summed E-state index contributed by atoms with van der Waals surface area (Å²) in [6.45, 7) is 8.01. The molecule has 0 spiro atoms. The highest BCUT2D eigenvalue weighted by atomic mass is 16.5. The third kappa shape index (κ3) is 4.80. The minimum atomic E-state index is -0.117. The maximum Gasteiger partial charge on any atom is 0.251 e. The second-order valence-corrected chi connectivity index (χ2v) is 7.45. The number of amides is 2. The van der Waals surface area contributed by atoms with Crippen LogP contribution >= 0.6 is 0 Å². The average molecular weight is 345 g/mol. The lowest BCUT2D eigenvalue weighted by Crippen LogP contribution is -2.54. The molecule has 2 amide bonds. The molecule has 1 aromatic carbocycles. The Bertz CT molecular complexity index is 641. The number of carbonyl (C=O) groups is 2. The van der Waals surface area contributed by atoms with Crippen molar-refractivity contribution in [3.8, 4) is 0 Å². The van der Waals surface area contributed by atoms with Crippen LogP contribution < -0.4 is 10.6 Å². The van der Waals surface area contributed by atoms with Crippen LogP contribution in [-0.4, -0.2) is 55.1 Å². The largest absolute Gasteiger partial charge is 0.378 e. The van der Waals surface area contributed by atoms with Crippen LogP contribution in [0.1, 0.15) is 37.0 Å². The summed E-state index contributed by atoms with van der Waals surface area (Å²) < 4.78 is 5.51. The van der Waals surface area contributed by atoms with Crippen LogP contribution in [0.15, 0.2) is 24.3 Å². The Kier molecular flexibility index (Phi) is 5.39. The number of nitrogens with one attached hydrogen (secondary N) is 2. The van der Waals surface area contributed by atoms with E-state index in [0.29, 0.717) is 24.4 Å². The Labute approximate surface area is 148 Å². The Morgan fingerprint density at radius 3 is 2.84 bits per heavy atom. The predicted octanol–water partition coefficient (Wildman–Crippen LogP) is 1.88. The Balaban J connectivity index is 1.50. The first-order valence-electron chi connectivity index (χ1n) is 8.98. The van der Waals surface area contributed by atoms with E-state index >= 15 is 0 Å². The van der Waals surface area contributed by atoms with Gasteiger partial charge in [0.25, 0.3) is 5.91 Å². The first-order chi connectivity index (χ1) is 12.0. The third-order valence-electron chi connectivity index (χ3n) is 4.82. The van der Waals surface area contributed by atoms with Crippen LogP contribution in [0.2, 0.25) is 0 Å². The van der Waals surface area contributed by atoms with Gasteiger partial charge in [-0.25, -0.2) is 0 Å². The van der Waals surface area contributed by atoms with Crippen molar-refractivity contribution in [2.45, 2.75) is 32.2 Å². The molecule has 25 heavy (non-hydrogen) atoms. The summed E-state index contributed by atoms with van der Waals surface area (Å²) in [5.41, 5.74) is 1.24. The number of ether oxygens (including phenoxy) is 1. The van der Waals surface area contributed by atoms with Gasteiger partial charge in [0.1, 0.15) is 0 Å². The van der Waals surface area contributed by atoms with Crippen LogP contribution in [-0.2, 0) is 9.53 Å². The number of rotatable bonds is 6. The molecule has 1 heterocycles. The lowest BCUT2D eigenvalue weighted by molar-refractivity contribution is -0.117. The number of carbonyl (C=O) groups excluding carboxylic acids is 2. The lowest BCUT2D eigenvalue weighted by Gasteiger charge is -2.42. The van der Waals surface area contributed by atoms with E-state index in [1.165, 1.54) is 0 Å². The van der Waals surface area contributed by atoms with Gasteiger partial charge < -0.3 is 15.4 Å². The molecule has 1 aliphatic carbocycles. The lowest BCUT2D eigenvalue weighted by atomic mass is 10.0. The molecular formula is C19H27N3O3. The highest BCUT2D eigenvalue weighted by molar-refractivity contribution is 5.98. The van der Waals surface area contributed by atoms with Crippen molar-refractivity contribution < 1.29 is 14.3 Å². The fourth-order valence-electron chi connectivity index (χ4n) is 3.04. The van der Waals surface area contributed by atoms with E-state index in [4.69, 9.17) is 4.74 Å². The highest BCUT2D eigenvalue weighted by Crippen LogP contribution is 2.30. The fraction of sp³-hybridized carbons (Fsp3) is 0.579.